The van der Waals surface area contributed by atoms with Gasteiger partial charge in [0.1, 0.15) is 23.6 Å². The number of rotatable bonds is 7. The molecule has 0 atom stereocenters. The molecular weight excluding hydrogens is 423 g/mol. The lowest BCUT2D eigenvalue weighted by molar-refractivity contribution is -0.137. The molecule has 164 valence electrons. The highest BCUT2D eigenvalue weighted by Gasteiger charge is 2.20. The first kappa shape index (κ1) is 20.6. The fraction of sp³-hybridized carbons (Fsp3) is 0.120. The summed E-state index contributed by atoms with van der Waals surface area (Å²) in [7, 11) is 0. The van der Waals surface area contributed by atoms with E-state index in [-0.39, 0.29) is 12.2 Å². The van der Waals surface area contributed by atoms with E-state index in [0.29, 0.717) is 35.8 Å². The maximum Gasteiger partial charge on any atom is 0.303 e. The van der Waals surface area contributed by atoms with Crippen LogP contribution in [0.4, 0.5) is 4.39 Å². The second kappa shape index (κ2) is 8.66. The zero-order chi connectivity index (χ0) is 22.8. The molecule has 0 fully saturated rings. The average Bonchev–Trinajstić information content (AvgIpc) is 3.44. The second-order valence-electron chi connectivity index (χ2n) is 7.58. The molecule has 0 spiro atoms. The van der Waals surface area contributed by atoms with Crippen molar-refractivity contribution < 1.29 is 18.7 Å². The number of nitrogens with zero attached hydrogens (tertiary/aromatic N) is 4. The Morgan fingerprint density at radius 2 is 1.79 bits per heavy atom. The third-order valence-corrected chi connectivity index (χ3v) is 5.30. The molecule has 3 aromatic heterocycles. The van der Waals surface area contributed by atoms with E-state index in [1.54, 1.807) is 16.8 Å². The topological polar surface area (TPSA) is 94.0 Å². The van der Waals surface area contributed by atoms with Crippen molar-refractivity contribution in [2.75, 3.05) is 0 Å². The summed E-state index contributed by atoms with van der Waals surface area (Å²) >= 11 is 0. The quantitative estimate of drug-likeness (QED) is 0.361. The van der Waals surface area contributed by atoms with Crippen LogP contribution in [0.15, 0.2) is 77.6 Å². The van der Waals surface area contributed by atoms with Crippen LogP contribution < -0.4 is 0 Å². The number of carboxylic acid groups (broad SMARTS) is 1. The molecule has 5 aromatic rings. The lowest BCUT2D eigenvalue weighted by atomic mass is 10.0. The standard InChI is InChI=1S/C25H19FN4O3/c26-18-10-8-17(9-11-18)23-20(14-30(29-23)12-4-7-22(31)32)24-19-13-21(16-5-2-1-3-6-16)33-25(19)28-15-27-24/h1-3,5-6,8-11,13-15H,4,7,12H2,(H,31,32). The third-order valence-electron chi connectivity index (χ3n) is 5.30. The van der Waals surface area contributed by atoms with Gasteiger partial charge in [-0.15, -0.1) is 0 Å². The van der Waals surface area contributed by atoms with Crippen LogP contribution in [0.3, 0.4) is 0 Å². The summed E-state index contributed by atoms with van der Waals surface area (Å²) in [5, 5.41) is 14.3. The molecule has 2 aromatic carbocycles. The van der Waals surface area contributed by atoms with E-state index in [0.717, 1.165) is 22.1 Å². The van der Waals surface area contributed by atoms with E-state index < -0.39 is 5.97 Å². The van der Waals surface area contributed by atoms with Crippen molar-refractivity contribution in [3.63, 3.8) is 0 Å². The first-order chi connectivity index (χ1) is 16.1. The summed E-state index contributed by atoms with van der Waals surface area (Å²) < 4.78 is 21.2. The van der Waals surface area contributed by atoms with Crippen molar-refractivity contribution in [1.82, 2.24) is 19.7 Å². The zero-order valence-corrected chi connectivity index (χ0v) is 17.5. The van der Waals surface area contributed by atoms with Crippen molar-refractivity contribution in [2.45, 2.75) is 19.4 Å². The van der Waals surface area contributed by atoms with Crippen LogP contribution in [-0.2, 0) is 11.3 Å². The Morgan fingerprint density at radius 1 is 1.00 bits per heavy atom. The van der Waals surface area contributed by atoms with Gasteiger partial charge in [0.25, 0.3) is 0 Å². The Balaban J connectivity index is 1.62. The molecule has 0 saturated carbocycles. The Hall–Kier alpha value is -4.33. The Kier molecular flexibility index (Phi) is 5.40. The molecule has 0 amide bonds. The predicted molar refractivity (Wildman–Crippen MR) is 121 cm³/mol. The van der Waals surface area contributed by atoms with Crippen molar-refractivity contribution in [3.8, 4) is 33.8 Å². The highest BCUT2D eigenvalue weighted by molar-refractivity contribution is 5.95. The first-order valence-electron chi connectivity index (χ1n) is 10.4. The molecule has 1 N–H and O–H groups in total. The minimum Gasteiger partial charge on any atom is -0.481 e. The maximum atomic E-state index is 13.5. The minimum atomic E-state index is -0.856. The molecule has 33 heavy (non-hydrogen) atoms. The van der Waals surface area contributed by atoms with Gasteiger partial charge in [-0.25, -0.2) is 14.4 Å². The third kappa shape index (κ3) is 4.23. The molecule has 7 nitrogen and oxygen atoms in total. The monoisotopic (exact) mass is 442 g/mol. The number of fused-ring (bicyclic) bond motifs is 1. The van der Waals surface area contributed by atoms with Crippen molar-refractivity contribution in [2.24, 2.45) is 0 Å². The number of aromatic nitrogens is 4. The molecule has 0 radical (unpaired) electrons. The SMILES string of the molecule is O=C(O)CCCn1cc(-c2ncnc3oc(-c4ccccc4)cc23)c(-c2ccc(F)cc2)n1. The number of aryl methyl sites for hydroxylation is 1. The summed E-state index contributed by atoms with van der Waals surface area (Å²) in [6.45, 7) is 0.426. The number of halogens is 1. The lowest BCUT2D eigenvalue weighted by Crippen LogP contribution is -2.02. The van der Waals surface area contributed by atoms with E-state index in [1.807, 2.05) is 42.6 Å². The van der Waals surface area contributed by atoms with E-state index in [2.05, 4.69) is 15.1 Å². The van der Waals surface area contributed by atoms with E-state index >= 15 is 0 Å². The fourth-order valence-electron chi connectivity index (χ4n) is 3.74. The lowest BCUT2D eigenvalue weighted by Gasteiger charge is -2.03. The van der Waals surface area contributed by atoms with Crippen LogP contribution in [0.5, 0.6) is 0 Å². The van der Waals surface area contributed by atoms with Crippen molar-refractivity contribution in [1.29, 1.82) is 0 Å². The highest BCUT2D eigenvalue weighted by Crippen LogP contribution is 2.36. The molecular formula is C25H19FN4O3. The number of hydrogen-bond acceptors (Lipinski definition) is 5. The van der Waals surface area contributed by atoms with E-state index in [4.69, 9.17) is 9.52 Å². The normalized spacial score (nSPS) is 11.2. The zero-order valence-electron chi connectivity index (χ0n) is 17.5. The summed E-state index contributed by atoms with van der Waals surface area (Å²) in [6.07, 6.45) is 3.74. The molecule has 5 rings (SSSR count). The summed E-state index contributed by atoms with van der Waals surface area (Å²) in [4.78, 5) is 19.7. The molecule has 0 unspecified atom stereocenters. The number of benzene rings is 2. The molecule has 0 aliphatic heterocycles. The molecule has 8 heteroatoms. The predicted octanol–water partition coefficient (Wildman–Crippen LogP) is 5.42. The average molecular weight is 442 g/mol. The van der Waals surface area contributed by atoms with Crippen molar-refractivity contribution in [3.05, 3.63) is 79.0 Å². The fourth-order valence-corrected chi connectivity index (χ4v) is 3.74. The van der Waals surface area contributed by atoms with Gasteiger partial charge in [-0.05, 0) is 36.8 Å². The van der Waals surface area contributed by atoms with Crippen LogP contribution in [0, 0.1) is 5.82 Å². The van der Waals surface area contributed by atoms with Crippen LogP contribution in [0.1, 0.15) is 12.8 Å². The van der Waals surface area contributed by atoms with Gasteiger partial charge in [0.05, 0.1) is 11.1 Å². The summed E-state index contributed by atoms with van der Waals surface area (Å²) in [6, 6.07) is 17.7. The van der Waals surface area contributed by atoms with Gasteiger partial charge in [-0.2, -0.15) is 5.10 Å². The van der Waals surface area contributed by atoms with Gasteiger partial charge >= 0.3 is 5.97 Å². The molecule has 3 heterocycles. The number of hydrogen-bond donors (Lipinski definition) is 1. The number of furan rings is 1. The van der Waals surface area contributed by atoms with Gasteiger partial charge < -0.3 is 9.52 Å². The largest absolute Gasteiger partial charge is 0.481 e. The molecule has 0 aliphatic rings. The van der Waals surface area contributed by atoms with Gasteiger partial charge in [0.15, 0.2) is 0 Å². The van der Waals surface area contributed by atoms with Gasteiger partial charge in [0, 0.05) is 35.9 Å². The summed E-state index contributed by atoms with van der Waals surface area (Å²) in [5.41, 5.74) is 4.07. The molecule has 0 saturated heterocycles. The maximum absolute atomic E-state index is 13.5. The van der Waals surface area contributed by atoms with E-state index in [9.17, 15) is 9.18 Å². The highest BCUT2D eigenvalue weighted by atomic mass is 19.1. The van der Waals surface area contributed by atoms with Crippen LogP contribution in [0.25, 0.3) is 44.9 Å². The number of carbonyl (C=O) groups is 1. The molecule has 0 aliphatic carbocycles. The number of carboxylic acids is 1. The Morgan fingerprint density at radius 3 is 2.55 bits per heavy atom. The van der Waals surface area contributed by atoms with Crippen LogP contribution in [0.2, 0.25) is 0 Å². The van der Waals surface area contributed by atoms with Gasteiger partial charge in [0.2, 0.25) is 5.71 Å². The second-order valence-corrected chi connectivity index (χ2v) is 7.58. The van der Waals surface area contributed by atoms with Crippen LogP contribution >= 0.6 is 0 Å². The first-order valence-corrected chi connectivity index (χ1v) is 10.4. The number of aliphatic carboxylic acids is 1. The molecule has 0 bridgehead atoms. The van der Waals surface area contributed by atoms with Crippen LogP contribution in [-0.4, -0.2) is 30.8 Å². The van der Waals surface area contributed by atoms with Crippen molar-refractivity contribution >= 4 is 17.1 Å². The minimum absolute atomic E-state index is 0.0427. The summed E-state index contributed by atoms with van der Waals surface area (Å²) in [5.74, 6) is -0.525. The Bertz CT molecular complexity index is 1430. The van der Waals surface area contributed by atoms with Gasteiger partial charge in [-0.1, -0.05) is 30.3 Å². The smallest absolute Gasteiger partial charge is 0.303 e. The van der Waals surface area contributed by atoms with E-state index in [1.165, 1.54) is 18.5 Å². The van der Waals surface area contributed by atoms with Gasteiger partial charge in [-0.3, -0.25) is 9.48 Å². The Labute approximate surface area is 188 Å².